The zero-order chi connectivity index (χ0) is 34.1. The molecule has 3 amide bonds. The van der Waals surface area contributed by atoms with Gasteiger partial charge in [-0.3, -0.25) is 43.6 Å². The van der Waals surface area contributed by atoms with Crippen molar-refractivity contribution in [3.05, 3.63) is 108 Å². The van der Waals surface area contributed by atoms with Crippen molar-refractivity contribution in [1.29, 1.82) is 0 Å². The van der Waals surface area contributed by atoms with Gasteiger partial charge in [0.1, 0.15) is 19.8 Å². The zero-order valence-electron chi connectivity index (χ0n) is 28.3. The van der Waals surface area contributed by atoms with Gasteiger partial charge in [0.25, 0.3) is 17.7 Å². The minimum atomic E-state index is -0.182. The number of carbonyl (C=O) groups excluding carboxylic acids is 3. The van der Waals surface area contributed by atoms with Gasteiger partial charge in [0.2, 0.25) is 0 Å². The summed E-state index contributed by atoms with van der Waals surface area (Å²) < 4.78 is 0. The summed E-state index contributed by atoms with van der Waals surface area (Å²) >= 11 is 0. The van der Waals surface area contributed by atoms with Crippen LogP contribution in [0.2, 0.25) is 0 Å². The predicted molar refractivity (Wildman–Crippen MR) is 181 cm³/mol. The Balaban J connectivity index is 1.35. The summed E-state index contributed by atoms with van der Waals surface area (Å²) in [5.74, 6) is -0.546. The van der Waals surface area contributed by atoms with Crippen LogP contribution in [0.5, 0.6) is 0 Å². The Morgan fingerprint density at radius 2 is 0.688 bits per heavy atom. The fraction of sp³-hybridized carbons (Fsp3) is 0.417. The van der Waals surface area contributed by atoms with E-state index < -0.39 is 0 Å². The Morgan fingerprint density at radius 1 is 0.458 bits per heavy atom. The van der Waals surface area contributed by atoms with Crippen molar-refractivity contribution >= 4 is 17.7 Å². The molecule has 0 aromatic heterocycles. The first-order valence-electron chi connectivity index (χ1n) is 16.2. The summed E-state index contributed by atoms with van der Waals surface area (Å²) in [6.07, 6.45) is 0. The predicted octanol–water partition coefficient (Wildman–Crippen LogP) is 2.68. The maximum absolute atomic E-state index is 13.2. The highest BCUT2D eigenvalue weighted by atomic mass is 16.7. The molecule has 1 saturated heterocycles. The van der Waals surface area contributed by atoms with Crippen molar-refractivity contribution < 1.29 is 28.9 Å². The maximum atomic E-state index is 13.2. The Kier molecular flexibility index (Phi) is 15.0. The molecular formula is C36H48N6O6. The third kappa shape index (κ3) is 12.8. The van der Waals surface area contributed by atoms with E-state index in [-0.39, 0.29) is 57.2 Å². The highest BCUT2D eigenvalue weighted by molar-refractivity contribution is 5.78. The van der Waals surface area contributed by atoms with Crippen molar-refractivity contribution in [1.82, 2.24) is 29.9 Å². The number of hydrogen-bond donors (Lipinski definition) is 0. The summed E-state index contributed by atoms with van der Waals surface area (Å²) in [6.45, 7) is 4.61. The fourth-order valence-electron chi connectivity index (χ4n) is 4.98. The first kappa shape index (κ1) is 36.7. The summed E-state index contributed by atoms with van der Waals surface area (Å²) in [6, 6.07) is 29.0. The maximum Gasteiger partial charge on any atom is 0.260 e. The molecule has 1 aliphatic heterocycles. The van der Waals surface area contributed by atoms with Crippen LogP contribution in [0, 0.1) is 0 Å². The van der Waals surface area contributed by atoms with Crippen LogP contribution in [0.1, 0.15) is 16.7 Å². The van der Waals surface area contributed by atoms with Gasteiger partial charge in [0.05, 0.1) is 19.6 Å². The Labute approximate surface area is 283 Å². The highest BCUT2D eigenvalue weighted by Gasteiger charge is 2.24. The molecule has 48 heavy (non-hydrogen) atoms. The van der Waals surface area contributed by atoms with Gasteiger partial charge in [-0.2, -0.15) is 0 Å². The van der Waals surface area contributed by atoms with Crippen molar-refractivity contribution in [2.45, 2.75) is 19.8 Å². The number of hydroxylamine groups is 6. The first-order valence-corrected chi connectivity index (χ1v) is 16.2. The lowest BCUT2D eigenvalue weighted by molar-refractivity contribution is -0.184. The number of rotatable bonds is 15. The molecule has 3 aromatic rings. The van der Waals surface area contributed by atoms with Crippen molar-refractivity contribution in [3.63, 3.8) is 0 Å². The van der Waals surface area contributed by atoms with Crippen LogP contribution in [-0.4, -0.2) is 128 Å². The molecule has 1 aliphatic rings. The second-order valence-electron chi connectivity index (χ2n) is 11.8. The molecule has 12 nitrogen and oxygen atoms in total. The van der Waals surface area contributed by atoms with Crippen molar-refractivity contribution in [2.75, 3.05) is 80.0 Å². The molecule has 1 fully saturated rings. The minimum absolute atomic E-state index is 0.134. The number of amides is 3. The Hall–Kier alpha value is -4.17. The lowest BCUT2D eigenvalue weighted by Gasteiger charge is -2.27. The lowest BCUT2D eigenvalue weighted by atomic mass is 10.2. The lowest BCUT2D eigenvalue weighted by Crippen LogP contribution is -2.44. The summed E-state index contributed by atoms with van der Waals surface area (Å²) in [7, 11) is 4.86. The van der Waals surface area contributed by atoms with Crippen LogP contribution >= 0.6 is 0 Å². The standard InChI is InChI=1S/C36H48N6O6/c1-37(46-28-31-13-7-4-8-14-31)34(43)25-40-19-21-41(26-35(44)38(2)47-29-32-15-9-5-10-16-32)23-24-42(22-20-40)27-36(45)39(3)48-30-33-17-11-6-12-18-33/h4-18H,19-30H2,1-3H3. The van der Waals surface area contributed by atoms with E-state index >= 15 is 0 Å². The molecule has 0 aliphatic carbocycles. The molecule has 12 heteroatoms. The molecule has 258 valence electrons. The number of nitrogens with zero attached hydrogens (tertiary/aromatic N) is 6. The number of benzene rings is 3. The Morgan fingerprint density at radius 3 is 0.917 bits per heavy atom. The van der Waals surface area contributed by atoms with E-state index in [2.05, 4.69) is 0 Å². The van der Waals surface area contributed by atoms with Gasteiger partial charge in [-0.1, -0.05) is 91.0 Å². The Bertz CT molecular complexity index is 1220. The molecule has 0 bridgehead atoms. The number of likely N-dealkylation sites (N-methyl/N-ethyl adjacent to an activating group) is 3. The minimum Gasteiger partial charge on any atom is -0.292 e. The molecule has 0 N–H and O–H groups in total. The first-order chi connectivity index (χ1) is 23.3. The molecule has 0 radical (unpaired) electrons. The van der Waals surface area contributed by atoms with Crippen LogP contribution in [0.4, 0.5) is 0 Å². The molecule has 0 unspecified atom stereocenters. The van der Waals surface area contributed by atoms with Gasteiger partial charge in [-0.05, 0) is 16.7 Å². The monoisotopic (exact) mass is 660 g/mol. The SMILES string of the molecule is CN(OCc1ccccc1)C(=O)CN1CCN(CC(=O)N(C)OCc2ccccc2)CCN(CC(=O)N(C)OCc2ccccc2)CC1. The van der Waals surface area contributed by atoms with Crippen LogP contribution in [0.3, 0.4) is 0 Å². The average Bonchev–Trinajstić information content (AvgIpc) is 3.20. The third-order valence-corrected chi connectivity index (χ3v) is 8.13. The van der Waals surface area contributed by atoms with E-state index in [1.54, 1.807) is 21.1 Å². The van der Waals surface area contributed by atoms with Gasteiger partial charge in [0.15, 0.2) is 0 Å². The van der Waals surface area contributed by atoms with E-state index in [0.29, 0.717) is 39.3 Å². The summed E-state index contributed by atoms with van der Waals surface area (Å²) in [5, 5.41) is 3.83. The van der Waals surface area contributed by atoms with Gasteiger partial charge >= 0.3 is 0 Å². The second-order valence-corrected chi connectivity index (χ2v) is 11.8. The summed E-state index contributed by atoms with van der Waals surface area (Å²) in [5.41, 5.74) is 2.91. The van der Waals surface area contributed by atoms with E-state index in [9.17, 15) is 14.4 Å². The van der Waals surface area contributed by atoms with Crippen LogP contribution in [0.15, 0.2) is 91.0 Å². The molecule has 4 rings (SSSR count). The zero-order valence-corrected chi connectivity index (χ0v) is 28.3. The molecular weight excluding hydrogens is 612 g/mol. The van der Waals surface area contributed by atoms with Crippen LogP contribution in [-0.2, 0) is 48.7 Å². The van der Waals surface area contributed by atoms with Crippen molar-refractivity contribution in [3.8, 4) is 0 Å². The van der Waals surface area contributed by atoms with E-state index in [0.717, 1.165) is 16.7 Å². The smallest absolute Gasteiger partial charge is 0.260 e. The molecule has 0 atom stereocenters. The van der Waals surface area contributed by atoms with E-state index in [1.807, 2.05) is 106 Å². The van der Waals surface area contributed by atoms with Gasteiger partial charge in [0, 0.05) is 60.4 Å². The third-order valence-electron chi connectivity index (χ3n) is 8.13. The second kappa shape index (κ2) is 19.6. The molecule has 0 saturated carbocycles. The molecule has 0 spiro atoms. The molecule has 3 aromatic carbocycles. The van der Waals surface area contributed by atoms with Crippen molar-refractivity contribution in [2.24, 2.45) is 0 Å². The quantitative estimate of drug-likeness (QED) is 0.228. The van der Waals surface area contributed by atoms with Gasteiger partial charge in [-0.15, -0.1) is 0 Å². The van der Waals surface area contributed by atoms with Gasteiger partial charge in [-0.25, -0.2) is 15.2 Å². The van der Waals surface area contributed by atoms with Crippen LogP contribution in [0.25, 0.3) is 0 Å². The normalized spacial score (nSPS) is 14.8. The average molecular weight is 661 g/mol. The van der Waals surface area contributed by atoms with Crippen LogP contribution < -0.4 is 0 Å². The van der Waals surface area contributed by atoms with E-state index in [4.69, 9.17) is 14.5 Å². The number of carbonyl (C=O) groups is 3. The highest BCUT2D eigenvalue weighted by Crippen LogP contribution is 2.08. The topological polar surface area (TPSA) is 98.3 Å². The largest absolute Gasteiger partial charge is 0.292 e. The fourth-order valence-corrected chi connectivity index (χ4v) is 4.98. The summed E-state index contributed by atoms with van der Waals surface area (Å²) in [4.78, 5) is 62.8. The number of hydrogen-bond acceptors (Lipinski definition) is 9. The van der Waals surface area contributed by atoms with Gasteiger partial charge < -0.3 is 0 Å². The van der Waals surface area contributed by atoms with E-state index in [1.165, 1.54) is 15.2 Å². The molecule has 1 heterocycles.